The number of amides is 1. The SMILES string of the molecule is Cc1ccc(C)c(C(=O)NCCOc2ccc(C(=S)NO)cc2)c1. The lowest BCUT2D eigenvalue weighted by atomic mass is 10.1. The lowest BCUT2D eigenvalue weighted by Crippen LogP contribution is -2.28. The summed E-state index contributed by atoms with van der Waals surface area (Å²) in [5.74, 6) is 0.565. The van der Waals surface area contributed by atoms with E-state index in [1.165, 1.54) is 0 Å². The molecule has 6 heteroatoms. The van der Waals surface area contributed by atoms with Crippen molar-refractivity contribution in [2.45, 2.75) is 13.8 Å². The van der Waals surface area contributed by atoms with Gasteiger partial charge in [0.2, 0.25) is 0 Å². The molecule has 2 rings (SSSR count). The molecular formula is C18H20N2O3S. The molecule has 2 aromatic rings. The predicted octanol–water partition coefficient (Wildman–Crippen LogP) is 2.77. The fourth-order valence-electron chi connectivity index (χ4n) is 2.18. The zero-order valence-electron chi connectivity index (χ0n) is 13.6. The number of aryl methyl sites for hydroxylation is 2. The van der Waals surface area contributed by atoms with Crippen molar-refractivity contribution in [2.75, 3.05) is 13.2 Å². The first-order valence-corrected chi connectivity index (χ1v) is 7.95. The molecule has 0 aliphatic carbocycles. The van der Waals surface area contributed by atoms with E-state index in [1.54, 1.807) is 24.3 Å². The van der Waals surface area contributed by atoms with Crippen molar-refractivity contribution in [1.82, 2.24) is 10.8 Å². The Labute approximate surface area is 146 Å². The summed E-state index contributed by atoms with van der Waals surface area (Å²) in [7, 11) is 0. The Morgan fingerprint density at radius 2 is 1.88 bits per heavy atom. The van der Waals surface area contributed by atoms with Crippen molar-refractivity contribution < 1.29 is 14.7 Å². The average molecular weight is 344 g/mol. The molecule has 0 heterocycles. The smallest absolute Gasteiger partial charge is 0.251 e. The fourth-order valence-corrected chi connectivity index (χ4v) is 2.31. The van der Waals surface area contributed by atoms with E-state index in [4.69, 9.17) is 22.2 Å². The summed E-state index contributed by atoms with van der Waals surface area (Å²) < 4.78 is 5.57. The highest BCUT2D eigenvalue weighted by Crippen LogP contribution is 2.13. The second-order valence-corrected chi connectivity index (χ2v) is 5.80. The highest BCUT2D eigenvalue weighted by Gasteiger charge is 2.08. The standard InChI is InChI=1S/C18H20N2O3S/c1-12-3-4-13(2)16(11-12)17(21)19-9-10-23-15-7-5-14(6-8-15)18(24)20-22/h3-8,11,22H,9-10H2,1-2H3,(H,19,21)(H,20,24). The van der Waals surface area contributed by atoms with Gasteiger partial charge < -0.3 is 10.1 Å². The van der Waals surface area contributed by atoms with E-state index in [1.807, 2.05) is 37.5 Å². The summed E-state index contributed by atoms with van der Waals surface area (Å²) in [6.07, 6.45) is 0. The second kappa shape index (κ2) is 8.42. The van der Waals surface area contributed by atoms with Crippen molar-refractivity contribution in [1.29, 1.82) is 0 Å². The number of carbonyl (C=O) groups excluding carboxylic acids is 1. The van der Waals surface area contributed by atoms with Crippen LogP contribution >= 0.6 is 12.2 Å². The van der Waals surface area contributed by atoms with Gasteiger partial charge in [-0.1, -0.05) is 29.9 Å². The molecule has 126 valence electrons. The lowest BCUT2D eigenvalue weighted by Gasteiger charge is -2.10. The monoisotopic (exact) mass is 344 g/mol. The summed E-state index contributed by atoms with van der Waals surface area (Å²) >= 11 is 4.92. The topological polar surface area (TPSA) is 70.6 Å². The molecule has 24 heavy (non-hydrogen) atoms. The van der Waals surface area contributed by atoms with E-state index < -0.39 is 0 Å². The molecule has 0 unspecified atom stereocenters. The van der Waals surface area contributed by atoms with Crippen molar-refractivity contribution >= 4 is 23.1 Å². The zero-order valence-corrected chi connectivity index (χ0v) is 14.4. The van der Waals surface area contributed by atoms with Gasteiger partial charge in [0.25, 0.3) is 5.91 Å². The van der Waals surface area contributed by atoms with Gasteiger partial charge in [0.15, 0.2) is 0 Å². The van der Waals surface area contributed by atoms with Gasteiger partial charge in [0, 0.05) is 11.1 Å². The first-order valence-electron chi connectivity index (χ1n) is 7.54. The molecule has 1 amide bonds. The molecule has 0 fully saturated rings. The Balaban J connectivity index is 1.81. The van der Waals surface area contributed by atoms with Crippen LogP contribution < -0.4 is 15.5 Å². The number of rotatable bonds is 6. The van der Waals surface area contributed by atoms with Gasteiger partial charge in [-0.05, 0) is 49.7 Å². The number of thiocarbonyl (C=S) groups is 1. The number of carbonyl (C=O) groups is 1. The minimum absolute atomic E-state index is 0.102. The van der Waals surface area contributed by atoms with Crippen LogP contribution in [0.25, 0.3) is 0 Å². The number of hydrogen-bond acceptors (Lipinski definition) is 4. The van der Waals surface area contributed by atoms with Crippen molar-refractivity contribution in [3.63, 3.8) is 0 Å². The summed E-state index contributed by atoms with van der Waals surface area (Å²) in [5.41, 5.74) is 5.31. The average Bonchev–Trinajstić information content (AvgIpc) is 2.60. The van der Waals surface area contributed by atoms with Crippen LogP contribution in [0.1, 0.15) is 27.0 Å². The highest BCUT2D eigenvalue weighted by molar-refractivity contribution is 7.80. The molecule has 0 saturated carbocycles. The van der Waals surface area contributed by atoms with Crippen LogP contribution in [-0.2, 0) is 0 Å². The van der Waals surface area contributed by atoms with Crippen LogP contribution in [0.3, 0.4) is 0 Å². The number of ether oxygens (including phenoxy) is 1. The molecule has 0 aromatic heterocycles. The van der Waals surface area contributed by atoms with Gasteiger partial charge in [0.1, 0.15) is 17.3 Å². The van der Waals surface area contributed by atoms with E-state index in [2.05, 4.69) is 5.32 Å². The van der Waals surface area contributed by atoms with E-state index >= 15 is 0 Å². The van der Waals surface area contributed by atoms with E-state index in [9.17, 15) is 4.79 Å². The van der Waals surface area contributed by atoms with Gasteiger partial charge in [-0.3, -0.25) is 15.5 Å². The first kappa shape index (κ1) is 17.9. The molecule has 5 nitrogen and oxygen atoms in total. The maximum atomic E-state index is 12.2. The Kier molecular flexibility index (Phi) is 6.28. The van der Waals surface area contributed by atoms with Gasteiger partial charge in [-0.15, -0.1) is 0 Å². The van der Waals surface area contributed by atoms with Gasteiger partial charge in [-0.2, -0.15) is 0 Å². The molecule has 0 radical (unpaired) electrons. The molecule has 0 saturated heterocycles. The molecule has 0 aliphatic rings. The maximum Gasteiger partial charge on any atom is 0.251 e. The predicted molar refractivity (Wildman–Crippen MR) is 96.8 cm³/mol. The van der Waals surface area contributed by atoms with Gasteiger partial charge in [0.05, 0.1) is 6.54 Å². The van der Waals surface area contributed by atoms with Gasteiger partial charge >= 0.3 is 0 Å². The fraction of sp³-hybridized carbons (Fsp3) is 0.222. The zero-order chi connectivity index (χ0) is 17.5. The molecule has 0 spiro atoms. The number of hydroxylamine groups is 1. The van der Waals surface area contributed by atoms with Crippen LogP contribution in [0.5, 0.6) is 5.75 Å². The lowest BCUT2D eigenvalue weighted by molar-refractivity contribution is 0.0946. The van der Waals surface area contributed by atoms with Crippen LogP contribution in [-0.4, -0.2) is 29.3 Å². The number of hydrogen-bond donors (Lipinski definition) is 3. The van der Waals surface area contributed by atoms with Crippen molar-refractivity contribution in [3.8, 4) is 5.75 Å². The summed E-state index contributed by atoms with van der Waals surface area (Å²) in [4.78, 5) is 12.4. The summed E-state index contributed by atoms with van der Waals surface area (Å²) in [6, 6.07) is 12.8. The molecule has 0 aliphatic heterocycles. The van der Waals surface area contributed by atoms with E-state index in [0.717, 1.165) is 11.1 Å². The summed E-state index contributed by atoms with van der Waals surface area (Å²) in [6.45, 7) is 4.64. The van der Waals surface area contributed by atoms with E-state index in [0.29, 0.717) is 30.0 Å². The quantitative estimate of drug-likeness (QED) is 0.427. The third-order valence-corrected chi connectivity index (χ3v) is 3.84. The molecule has 2 aromatic carbocycles. The Morgan fingerprint density at radius 1 is 1.17 bits per heavy atom. The molecule has 0 atom stereocenters. The first-order chi connectivity index (χ1) is 11.5. The van der Waals surface area contributed by atoms with Gasteiger partial charge in [-0.25, -0.2) is 0 Å². The molecular weight excluding hydrogens is 324 g/mol. The van der Waals surface area contributed by atoms with Crippen molar-refractivity contribution in [3.05, 3.63) is 64.7 Å². The third-order valence-electron chi connectivity index (χ3n) is 3.51. The maximum absolute atomic E-state index is 12.2. The number of benzene rings is 2. The van der Waals surface area contributed by atoms with Crippen LogP contribution in [0.4, 0.5) is 0 Å². The largest absolute Gasteiger partial charge is 0.492 e. The number of nitrogens with one attached hydrogen (secondary N) is 2. The third kappa shape index (κ3) is 4.78. The summed E-state index contributed by atoms with van der Waals surface area (Å²) in [5, 5.41) is 11.6. The Hall–Kier alpha value is -2.44. The highest BCUT2D eigenvalue weighted by atomic mass is 32.1. The van der Waals surface area contributed by atoms with Crippen molar-refractivity contribution in [2.24, 2.45) is 0 Å². The normalized spacial score (nSPS) is 10.1. The minimum atomic E-state index is -0.102. The van der Waals surface area contributed by atoms with Crippen LogP contribution in [0, 0.1) is 13.8 Å². The minimum Gasteiger partial charge on any atom is -0.492 e. The molecule has 0 bridgehead atoms. The van der Waals surface area contributed by atoms with Crippen LogP contribution in [0.15, 0.2) is 42.5 Å². The molecule has 3 N–H and O–H groups in total. The van der Waals surface area contributed by atoms with E-state index in [-0.39, 0.29) is 10.9 Å². The second-order valence-electron chi connectivity index (χ2n) is 5.39. The Bertz CT molecular complexity index is 730. The Morgan fingerprint density at radius 3 is 2.54 bits per heavy atom. The van der Waals surface area contributed by atoms with Crippen LogP contribution in [0.2, 0.25) is 0 Å².